The first-order valence-electron chi connectivity index (χ1n) is 3.37. The maximum Gasteiger partial charge on any atom is 0.187 e. The van der Waals surface area contributed by atoms with Crippen molar-refractivity contribution >= 4 is 24.2 Å². The lowest BCUT2D eigenvalue weighted by atomic mass is 10.4. The van der Waals surface area contributed by atoms with E-state index in [1.165, 1.54) is 0 Å². The summed E-state index contributed by atoms with van der Waals surface area (Å²) in [5, 5.41) is 3.87. The Bertz CT molecular complexity index is 232. The lowest BCUT2D eigenvalue weighted by molar-refractivity contribution is 0.763. The Morgan fingerprint density at radius 3 is 2.92 bits per heavy atom. The van der Waals surface area contributed by atoms with Crippen molar-refractivity contribution in [3.63, 3.8) is 0 Å². The number of halogens is 1. The van der Waals surface area contributed by atoms with E-state index in [9.17, 15) is 0 Å². The standard InChI is InChI=1S/C7H11N3S.ClH/c1-8-5-6-3-4-9-7(10-6)11-2;/h3-4,8H,5H2,1-2H3;1H. The van der Waals surface area contributed by atoms with Gasteiger partial charge in [-0.15, -0.1) is 12.4 Å². The summed E-state index contributed by atoms with van der Waals surface area (Å²) in [5.74, 6) is 0. The van der Waals surface area contributed by atoms with E-state index in [0.29, 0.717) is 0 Å². The predicted molar refractivity (Wildman–Crippen MR) is 53.8 cm³/mol. The molecule has 0 radical (unpaired) electrons. The van der Waals surface area contributed by atoms with Crippen molar-refractivity contribution in [3.05, 3.63) is 18.0 Å². The summed E-state index contributed by atoms with van der Waals surface area (Å²) in [6.07, 6.45) is 3.75. The highest BCUT2D eigenvalue weighted by Gasteiger charge is 1.94. The highest BCUT2D eigenvalue weighted by atomic mass is 35.5. The van der Waals surface area contributed by atoms with Gasteiger partial charge >= 0.3 is 0 Å². The molecule has 1 aromatic heterocycles. The number of thioether (sulfide) groups is 1. The van der Waals surface area contributed by atoms with Crippen LogP contribution in [0.2, 0.25) is 0 Å². The summed E-state index contributed by atoms with van der Waals surface area (Å²) >= 11 is 1.56. The zero-order valence-corrected chi connectivity index (χ0v) is 8.71. The molecule has 0 saturated heterocycles. The lowest BCUT2D eigenvalue weighted by Crippen LogP contribution is -2.07. The van der Waals surface area contributed by atoms with Crippen molar-refractivity contribution in [1.82, 2.24) is 15.3 Å². The number of nitrogens with one attached hydrogen (secondary N) is 1. The molecular weight excluding hydrogens is 194 g/mol. The summed E-state index contributed by atoms with van der Waals surface area (Å²) in [6, 6.07) is 1.91. The van der Waals surface area contributed by atoms with Gasteiger partial charge in [0.25, 0.3) is 0 Å². The minimum absolute atomic E-state index is 0. The minimum atomic E-state index is 0. The fraction of sp³-hybridized carbons (Fsp3) is 0.429. The summed E-state index contributed by atoms with van der Waals surface area (Å²) in [6.45, 7) is 0.802. The van der Waals surface area contributed by atoms with Crippen LogP contribution in [0.4, 0.5) is 0 Å². The molecule has 1 aromatic rings. The van der Waals surface area contributed by atoms with Gasteiger partial charge in [0.2, 0.25) is 0 Å². The van der Waals surface area contributed by atoms with Crippen molar-refractivity contribution in [3.8, 4) is 0 Å². The van der Waals surface area contributed by atoms with Crippen LogP contribution in [0.15, 0.2) is 17.4 Å². The topological polar surface area (TPSA) is 37.8 Å². The molecule has 0 unspecified atom stereocenters. The highest BCUT2D eigenvalue weighted by molar-refractivity contribution is 7.98. The summed E-state index contributed by atoms with van der Waals surface area (Å²) in [5.41, 5.74) is 1.03. The van der Waals surface area contributed by atoms with Crippen LogP contribution in [0.1, 0.15) is 5.69 Å². The fourth-order valence-electron chi connectivity index (χ4n) is 0.754. The van der Waals surface area contributed by atoms with Crippen molar-refractivity contribution in [2.24, 2.45) is 0 Å². The minimum Gasteiger partial charge on any atom is -0.314 e. The van der Waals surface area contributed by atoms with Gasteiger partial charge in [-0.3, -0.25) is 0 Å². The molecule has 0 spiro atoms. The molecule has 0 aliphatic rings. The third kappa shape index (κ3) is 3.38. The molecule has 0 atom stereocenters. The summed E-state index contributed by atoms with van der Waals surface area (Å²) < 4.78 is 0. The molecule has 0 fully saturated rings. The number of nitrogens with zero attached hydrogens (tertiary/aromatic N) is 2. The van der Waals surface area contributed by atoms with Gasteiger partial charge in [0.15, 0.2) is 5.16 Å². The second-order valence-corrected chi connectivity index (χ2v) is 2.84. The van der Waals surface area contributed by atoms with Gasteiger partial charge in [-0.25, -0.2) is 9.97 Å². The maximum atomic E-state index is 4.27. The molecule has 3 nitrogen and oxygen atoms in total. The first-order chi connectivity index (χ1) is 5.36. The second kappa shape index (κ2) is 6.22. The van der Waals surface area contributed by atoms with Gasteiger partial charge in [0.1, 0.15) is 0 Å². The number of aromatic nitrogens is 2. The fourth-order valence-corrected chi connectivity index (χ4v) is 1.13. The Morgan fingerprint density at radius 2 is 2.33 bits per heavy atom. The molecule has 0 aliphatic heterocycles. The maximum absolute atomic E-state index is 4.27. The van der Waals surface area contributed by atoms with E-state index in [1.54, 1.807) is 18.0 Å². The average Bonchev–Trinajstić information content (AvgIpc) is 2.06. The van der Waals surface area contributed by atoms with E-state index in [2.05, 4.69) is 15.3 Å². The van der Waals surface area contributed by atoms with Crippen LogP contribution in [-0.2, 0) is 6.54 Å². The highest BCUT2D eigenvalue weighted by Crippen LogP contribution is 2.06. The van der Waals surface area contributed by atoms with Crippen molar-refractivity contribution in [1.29, 1.82) is 0 Å². The van der Waals surface area contributed by atoms with E-state index >= 15 is 0 Å². The van der Waals surface area contributed by atoms with Crippen LogP contribution >= 0.6 is 24.2 Å². The van der Waals surface area contributed by atoms with Crippen molar-refractivity contribution in [2.45, 2.75) is 11.7 Å². The Hall–Kier alpha value is -0.320. The predicted octanol–water partition coefficient (Wildman–Crippen LogP) is 1.34. The zero-order valence-electron chi connectivity index (χ0n) is 7.07. The van der Waals surface area contributed by atoms with Crippen LogP contribution in [-0.4, -0.2) is 23.3 Å². The van der Waals surface area contributed by atoms with Crippen molar-refractivity contribution < 1.29 is 0 Å². The average molecular weight is 206 g/mol. The number of hydrogen-bond donors (Lipinski definition) is 1. The van der Waals surface area contributed by atoms with Gasteiger partial charge in [0.05, 0.1) is 5.69 Å². The molecule has 0 bridgehead atoms. The second-order valence-electron chi connectivity index (χ2n) is 2.07. The quantitative estimate of drug-likeness (QED) is 0.597. The molecule has 1 N–H and O–H groups in total. The molecule has 1 rings (SSSR count). The van der Waals surface area contributed by atoms with E-state index in [0.717, 1.165) is 17.4 Å². The SMILES string of the molecule is CNCc1ccnc(SC)n1.Cl. The Kier molecular flexibility index (Phi) is 6.06. The first-order valence-corrected chi connectivity index (χ1v) is 4.60. The Morgan fingerprint density at radius 1 is 1.58 bits per heavy atom. The summed E-state index contributed by atoms with van der Waals surface area (Å²) in [7, 11) is 1.90. The molecule has 68 valence electrons. The van der Waals surface area contributed by atoms with Crippen LogP contribution in [0.5, 0.6) is 0 Å². The zero-order chi connectivity index (χ0) is 8.10. The van der Waals surface area contributed by atoms with Crippen LogP contribution in [0.25, 0.3) is 0 Å². The molecule has 0 saturated carbocycles. The molecule has 12 heavy (non-hydrogen) atoms. The van der Waals surface area contributed by atoms with Crippen molar-refractivity contribution in [2.75, 3.05) is 13.3 Å². The van der Waals surface area contributed by atoms with Crippen LogP contribution in [0.3, 0.4) is 0 Å². The molecular formula is C7H12ClN3S. The molecule has 0 aromatic carbocycles. The van der Waals surface area contributed by atoms with Gasteiger partial charge in [-0.1, -0.05) is 11.8 Å². The van der Waals surface area contributed by atoms with E-state index in [1.807, 2.05) is 19.4 Å². The van der Waals surface area contributed by atoms with E-state index in [-0.39, 0.29) is 12.4 Å². The molecule has 0 aliphatic carbocycles. The first kappa shape index (κ1) is 11.7. The lowest BCUT2D eigenvalue weighted by Gasteiger charge is -1.99. The monoisotopic (exact) mass is 205 g/mol. The van der Waals surface area contributed by atoms with Gasteiger partial charge in [0, 0.05) is 12.7 Å². The number of rotatable bonds is 3. The normalized spacial score (nSPS) is 9.17. The van der Waals surface area contributed by atoms with Gasteiger partial charge < -0.3 is 5.32 Å². The molecule has 0 amide bonds. The largest absolute Gasteiger partial charge is 0.314 e. The smallest absolute Gasteiger partial charge is 0.187 e. The molecule has 5 heteroatoms. The van der Waals surface area contributed by atoms with Crippen LogP contribution < -0.4 is 5.32 Å². The Balaban J connectivity index is 0.00000121. The van der Waals surface area contributed by atoms with Gasteiger partial charge in [-0.2, -0.15) is 0 Å². The molecule has 1 heterocycles. The van der Waals surface area contributed by atoms with Crippen LogP contribution in [0, 0.1) is 0 Å². The van der Waals surface area contributed by atoms with Gasteiger partial charge in [-0.05, 0) is 19.4 Å². The Labute approximate surface area is 82.8 Å². The van der Waals surface area contributed by atoms with E-state index in [4.69, 9.17) is 0 Å². The third-order valence-electron chi connectivity index (χ3n) is 1.23. The van der Waals surface area contributed by atoms with E-state index < -0.39 is 0 Å². The summed E-state index contributed by atoms with van der Waals surface area (Å²) in [4.78, 5) is 8.33. The number of hydrogen-bond acceptors (Lipinski definition) is 4. The third-order valence-corrected chi connectivity index (χ3v) is 1.79.